The van der Waals surface area contributed by atoms with Crippen LogP contribution in [0.5, 0.6) is 11.5 Å². The number of hydrogen-bond donors (Lipinski definition) is 1. The molecule has 0 amide bonds. The van der Waals surface area contributed by atoms with Gasteiger partial charge in [-0.3, -0.25) is 14.4 Å². The van der Waals surface area contributed by atoms with E-state index in [1.54, 1.807) is 26.8 Å². The van der Waals surface area contributed by atoms with E-state index in [0.717, 1.165) is 0 Å². The van der Waals surface area contributed by atoms with Crippen molar-refractivity contribution in [1.29, 1.82) is 0 Å². The lowest BCUT2D eigenvalue weighted by Gasteiger charge is -2.19. The SMILES string of the molecule is CCC(=O)Oc1ccc(C[C@H](N)C(=O)OC[C@H](C)OC(=O)OCC(C)(C)C)cc1OC(=O)CC. The minimum atomic E-state index is -1.03. The molecule has 0 aliphatic rings. The van der Waals surface area contributed by atoms with Crippen molar-refractivity contribution < 1.29 is 42.9 Å². The molecule has 0 unspecified atom stereocenters. The summed E-state index contributed by atoms with van der Waals surface area (Å²) < 4.78 is 25.6. The van der Waals surface area contributed by atoms with Gasteiger partial charge in [-0.1, -0.05) is 40.7 Å². The summed E-state index contributed by atoms with van der Waals surface area (Å²) in [5, 5.41) is 0. The summed E-state index contributed by atoms with van der Waals surface area (Å²) in [6, 6.07) is 3.53. The van der Waals surface area contributed by atoms with Gasteiger partial charge in [0.05, 0.1) is 6.61 Å². The highest BCUT2D eigenvalue weighted by Crippen LogP contribution is 2.30. The molecule has 0 bridgehead atoms. The Morgan fingerprint density at radius 3 is 2.09 bits per heavy atom. The van der Waals surface area contributed by atoms with Crippen molar-refractivity contribution in [3.63, 3.8) is 0 Å². The first-order valence-corrected chi connectivity index (χ1v) is 11.1. The zero-order valence-corrected chi connectivity index (χ0v) is 20.7. The van der Waals surface area contributed by atoms with E-state index in [9.17, 15) is 19.2 Å². The maximum absolute atomic E-state index is 12.3. The molecule has 1 aromatic rings. The molecule has 34 heavy (non-hydrogen) atoms. The highest BCUT2D eigenvalue weighted by molar-refractivity contribution is 5.77. The summed E-state index contributed by atoms with van der Waals surface area (Å²) in [5.74, 6) is -1.54. The topological polar surface area (TPSA) is 140 Å². The number of benzene rings is 1. The highest BCUT2D eigenvalue weighted by atomic mass is 16.7. The summed E-state index contributed by atoms with van der Waals surface area (Å²) in [6.07, 6.45) is -1.23. The molecule has 2 N–H and O–H groups in total. The average molecular weight is 482 g/mol. The molecular weight excluding hydrogens is 446 g/mol. The summed E-state index contributed by atoms with van der Waals surface area (Å²) in [6.45, 7) is 10.6. The Morgan fingerprint density at radius 1 is 0.941 bits per heavy atom. The molecule has 0 aliphatic carbocycles. The number of carbonyl (C=O) groups is 4. The minimum absolute atomic E-state index is 0.0579. The smallest absolute Gasteiger partial charge is 0.461 e. The maximum Gasteiger partial charge on any atom is 0.508 e. The van der Waals surface area contributed by atoms with Crippen molar-refractivity contribution in [2.24, 2.45) is 11.1 Å². The third kappa shape index (κ3) is 11.1. The normalized spacial score (nSPS) is 12.8. The van der Waals surface area contributed by atoms with Gasteiger partial charge in [-0.2, -0.15) is 0 Å². The zero-order valence-electron chi connectivity index (χ0n) is 20.7. The first-order chi connectivity index (χ1) is 15.8. The van der Waals surface area contributed by atoms with Crippen molar-refractivity contribution in [3.8, 4) is 11.5 Å². The van der Waals surface area contributed by atoms with Crippen LogP contribution in [0.25, 0.3) is 0 Å². The van der Waals surface area contributed by atoms with Crippen LogP contribution in [0.15, 0.2) is 18.2 Å². The quantitative estimate of drug-likeness (QED) is 0.369. The van der Waals surface area contributed by atoms with Crippen LogP contribution in [0.3, 0.4) is 0 Å². The van der Waals surface area contributed by atoms with Crippen LogP contribution in [-0.2, 0) is 35.0 Å². The number of ether oxygens (including phenoxy) is 5. The van der Waals surface area contributed by atoms with Crippen LogP contribution in [0.1, 0.15) is 59.9 Å². The van der Waals surface area contributed by atoms with Gasteiger partial charge in [0, 0.05) is 12.8 Å². The van der Waals surface area contributed by atoms with Crippen LogP contribution in [0.4, 0.5) is 4.79 Å². The van der Waals surface area contributed by atoms with Crippen molar-refractivity contribution in [2.75, 3.05) is 13.2 Å². The molecule has 10 nitrogen and oxygen atoms in total. The second-order valence-corrected chi connectivity index (χ2v) is 8.90. The molecule has 0 fully saturated rings. The molecule has 0 saturated carbocycles. The van der Waals surface area contributed by atoms with Gasteiger partial charge in [-0.05, 0) is 36.5 Å². The number of rotatable bonds is 11. The van der Waals surface area contributed by atoms with Gasteiger partial charge in [-0.15, -0.1) is 0 Å². The van der Waals surface area contributed by atoms with Crippen LogP contribution >= 0.6 is 0 Å². The van der Waals surface area contributed by atoms with Gasteiger partial charge < -0.3 is 29.4 Å². The van der Waals surface area contributed by atoms with E-state index in [-0.39, 0.29) is 49.4 Å². The highest BCUT2D eigenvalue weighted by Gasteiger charge is 2.21. The molecule has 0 heterocycles. The maximum atomic E-state index is 12.3. The zero-order chi connectivity index (χ0) is 25.9. The summed E-state index contributed by atoms with van der Waals surface area (Å²) >= 11 is 0. The average Bonchev–Trinajstić information content (AvgIpc) is 2.76. The fraction of sp³-hybridized carbons (Fsp3) is 0.583. The standard InChI is InChI=1S/C24H35NO9/c1-7-20(26)33-18-10-9-16(12-19(18)34-21(27)8-2)11-17(25)22(28)30-13-15(3)32-23(29)31-14-24(4,5)6/h9-10,12,15,17H,7-8,11,13-14,25H2,1-6H3/t15-,17-/m0/s1. The molecule has 10 heteroatoms. The molecular formula is C24H35NO9. The Balaban J connectivity index is 2.68. The second kappa shape index (κ2) is 13.5. The summed E-state index contributed by atoms with van der Waals surface area (Å²) in [7, 11) is 0. The van der Waals surface area contributed by atoms with E-state index in [4.69, 9.17) is 29.4 Å². The van der Waals surface area contributed by atoms with E-state index < -0.39 is 36.2 Å². The fourth-order valence-corrected chi connectivity index (χ4v) is 2.38. The van der Waals surface area contributed by atoms with E-state index in [1.807, 2.05) is 20.8 Å². The Labute approximate surface area is 200 Å². The van der Waals surface area contributed by atoms with Crippen LogP contribution in [0, 0.1) is 5.41 Å². The van der Waals surface area contributed by atoms with Crippen molar-refractivity contribution in [3.05, 3.63) is 23.8 Å². The lowest BCUT2D eigenvalue weighted by molar-refractivity contribution is -0.148. The molecule has 1 aromatic carbocycles. The fourth-order valence-electron chi connectivity index (χ4n) is 2.38. The Kier molecular flexibility index (Phi) is 11.5. The molecule has 0 spiro atoms. The van der Waals surface area contributed by atoms with Gasteiger partial charge in [0.25, 0.3) is 0 Å². The summed E-state index contributed by atoms with van der Waals surface area (Å²) in [5.41, 5.74) is 6.31. The van der Waals surface area contributed by atoms with Crippen LogP contribution in [-0.4, -0.2) is 49.4 Å². The molecule has 190 valence electrons. The van der Waals surface area contributed by atoms with E-state index in [1.165, 1.54) is 12.1 Å². The Bertz CT molecular complexity index is 860. The van der Waals surface area contributed by atoms with Gasteiger partial charge in [0.15, 0.2) is 11.5 Å². The first-order valence-electron chi connectivity index (χ1n) is 11.1. The van der Waals surface area contributed by atoms with Gasteiger partial charge in [-0.25, -0.2) is 4.79 Å². The monoisotopic (exact) mass is 481 g/mol. The number of esters is 3. The van der Waals surface area contributed by atoms with E-state index in [2.05, 4.69) is 0 Å². The molecule has 0 radical (unpaired) electrons. The molecule has 0 saturated heterocycles. The number of carbonyl (C=O) groups excluding carboxylic acids is 4. The van der Waals surface area contributed by atoms with Crippen molar-refractivity contribution in [1.82, 2.24) is 0 Å². The lowest BCUT2D eigenvalue weighted by atomic mass is 9.99. The third-order valence-corrected chi connectivity index (χ3v) is 4.17. The van der Waals surface area contributed by atoms with Crippen molar-refractivity contribution >= 4 is 24.1 Å². The number of nitrogens with two attached hydrogens (primary N) is 1. The van der Waals surface area contributed by atoms with Crippen LogP contribution < -0.4 is 15.2 Å². The molecule has 0 aromatic heterocycles. The minimum Gasteiger partial charge on any atom is -0.461 e. The predicted octanol–water partition coefficient (Wildman–Crippen LogP) is 3.32. The molecule has 1 rings (SSSR count). The largest absolute Gasteiger partial charge is 0.508 e. The summed E-state index contributed by atoms with van der Waals surface area (Å²) in [4.78, 5) is 47.3. The lowest BCUT2D eigenvalue weighted by Crippen LogP contribution is -2.36. The predicted molar refractivity (Wildman–Crippen MR) is 122 cm³/mol. The molecule has 2 atom stereocenters. The Hall–Kier alpha value is -3.14. The van der Waals surface area contributed by atoms with E-state index >= 15 is 0 Å². The van der Waals surface area contributed by atoms with Crippen molar-refractivity contribution in [2.45, 2.75) is 73.0 Å². The second-order valence-electron chi connectivity index (χ2n) is 8.90. The van der Waals surface area contributed by atoms with Crippen LogP contribution in [0.2, 0.25) is 0 Å². The Morgan fingerprint density at radius 2 is 1.53 bits per heavy atom. The number of hydrogen-bond acceptors (Lipinski definition) is 10. The van der Waals surface area contributed by atoms with Gasteiger partial charge >= 0.3 is 24.1 Å². The first kappa shape index (κ1) is 28.9. The molecule has 0 aliphatic heterocycles. The van der Waals surface area contributed by atoms with E-state index in [0.29, 0.717) is 5.56 Å². The third-order valence-electron chi connectivity index (χ3n) is 4.17. The van der Waals surface area contributed by atoms with Gasteiger partial charge in [0.1, 0.15) is 18.8 Å². The van der Waals surface area contributed by atoms with Gasteiger partial charge in [0.2, 0.25) is 0 Å².